The fraction of sp³-hybridized carbons (Fsp3) is 0.500. The number of esters is 1. The summed E-state index contributed by atoms with van der Waals surface area (Å²) in [5.41, 5.74) is 3.48. The van der Waals surface area contributed by atoms with Crippen molar-refractivity contribution in [3.05, 3.63) is 27.9 Å². The Labute approximate surface area is 162 Å². The lowest BCUT2D eigenvalue weighted by Gasteiger charge is -2.11. The van der Waals surface area contributed by atoms with Crippen LogP contribution in [0.5, 0.6) is 0 Å². The molecule has 2 aromatic heterocycles. The maximum absolute atomic E-state index is 12.4. The van der Waals surface area contributed by atoms with E-state index in [4.69, 9.17) is 17.0 Å². The molecule has 0 saturated carbocycles. The zero-order chi connectivity index (χ0) is 18.7. The largest absolute Gasteiger partial charge is 0.465 e. The molecule has 26 heavy (non-hydrogen) atoms. The van der Waals surface area contributed by atoms with Crippen molar-refractivity contribution in [2.24, 2.45) is 7.05 Å². The van der Waals surface area contributed by atoms with E-state index >= 15 is 0 Å². The van der Waals surface area contributed by atoms with Gasteiger partial charge in [-0.3, -0.25) is 4.68 Å². The molecule has 2 N–H and O–H groups in total. The van der Waals surface area contributed by atoms with Gasteiger partial charge in [0.15, 0.2) is 5.11 Å². The lowest BCUT2D eigenvalue weighted by Crippen LogP contribution is -2.20. The Bertz CT molecular complexity index is 826. The van der Waals surface area contributed by atoms with Crippen molar-refractivity contribution in [2.75, 3.05) is 17.7 Å². The quantitative estimate of drug-likeness (QED) is 0.607. The minimum Gasteiger partial charge on any atom is -0.465 e. The molecule has 0 aromatic carbocycles. The first-order valence-electron chi connectivity index (χ1n) is 8.80. The third-order valence-electron chi connectivity index (χ3n) is 4.55. The number of nitrogens with one attached hydrogen (secondary N) is 2. The van der Waals surface area contributed by atoms with Crippen molar-refractivity contribution in [1.82, 2.24) is 9.78 Å². The zero-order valence-corrected chi connectivity index (χ0v) is 17.0. The third kappa shape index (κ3) is 4.07. The number of methoxy groups -OCH3 is 1. The molecular weight excluding hydrogens is 368 g/mol. The summed E-state index contributed by atoms with van der Waals surface area (Å²) in [4.78, 5) is 13.7. The molecule has 0 fully saturated rings. The van der Waals surface area contributed by atoms with E-state index in [1.165, 1.54) is 24.8 Å². The molecule has 0 unspecified atom stereocenters. The molecular formula is C18H24N4O2S2. The van der Waals surface area contributed by atoms with Crippen LogP contribution in [0.3, 0.4) is 0 Å². The molecule has 3 rings (SSSR count). The first kappa shape index (κ1) is 18.8. The van der Waals surface area contributed by atoms with Crippen LogP contribution >= 0.6 is 23.6 Å². The summed E-state index contributed by atoms with van der Waals surface area (Å²) in [7, 11) is 3.29. The summed E-state index contributed by atoms with van der Waals surface area (Å²) in [6.45, 7) is 1.92. The average molecular weight is 393 g/mol. The van der Waals surface area contributed by atoms with Crippen molar-refractivity contribution in [3.63, 3.8) is 0 Å². The van der Waals surface area contributed by atoms with Crippen LogP contribution in [-0.4, -0.2) is 28.0 Å². The number of thiophene rings is 1. The second-order valence-corrected chi connectivity index (χ2v) is 8.01. The molecule has 2 heterocycles. The van der Waals surface area contributed by atoms with Gasteiger partial charge in [0.2, 0.25) is 0 Å². The van der Waals surface area contributed by atoms with Crippen molar-refractivity contribution < 1.29 is 9.53 Å². The van der Waals surface area contributed by atoms with Gasteiger partial charge in [-0.1, -0.05) is 12.8 Å². The SMILES string of the molecule is COC(=O)c1c(NC(=S)Nc2cn(C)nc2C)sc2c1CCCCCC2. The smallest absolute Gasteiger partial charge is 0.341 e. The van der Waals surface area contributed by atoms with Gasteiger partial charge in [0.25, 0.3) is 0 Å². The van der Waals surface area contributed by atoms with Gasteiger partial charge in [-0.15, -0.1) is 11.3 Å². The van der Waals surface area contributed by atoms with Crippen LogP contribution in [0, 0.1) is 6.92 Å². The molecule has 1 aliphatic carbocycles. The molecule has 0 aliphatic heterocycles. The number of aromatic nitrogens is 2. The lowest BCUT2D eigenvalue weighted by molar-refractivity contribution is 0.0601. The molecule has 140 valence electrons. The van der Waals surface area contributed by atoms with Gasteiger partial charge in [0.05, 0.1) is 24.1 Å². The number of aryl methyl sites for hydroxylation is 3. The molecule has 0 radical (unpaired) electrons. The predicted octanol–water partition coefficient (Wildman–Crippen LogP) is 4.04. The Morgan fingerprint density at radius 2 is 2.00 bits per heavy atom. The number of fused-ring (bicyclic) bond motifs is 1. The summed E-state index contributed by atoms with van der Waals surface area (Å²) in [5.74, 6) is -0.300. The second kappa shape index (κ2) is 8.18. The highest BCUT2D eigenvalue weighted by Gasteiger charge is 2.25. The Kier molecular flexibility index (Phi) is 5.93. The highest BCUT2D eigenvalue weighted by molar-refractivity contribution is 7.80. The second-order valence-electron chi connectivity index (χ2n) is 6.49. The lowest BCUT2D eigenvalue weighted by atomic mass is 9.96. The van der Waals surface area contributed by atoms with Crippen LogP contribution in [-0.2, 0) is 24.6 Å². The van der Waals surface area contributed by atoms with Gasteiger partial charge in [0, 0.05) is 18.1 Å². The van der Waals surface area contributed by atoms with Crippen molar-refractivity contribution in [3.8, 4) is 0 Å². The molecule has 0 atom stereocenters. The van der Waals surface area contributed by atoms with Gasteiger partial charge in [0.1, 0.15) is 5.00 Å². The van der Waals surface area contributed by atoms with E-state index in [2.05, 4.69) is 15.7 Å². The topological polar surface area (TPSA) is 68.2 Å². The number of anilines is 2. The molecule has 1 aliphatic rings. The standard InChI is InChI=1S/C18H24N4O2S2/c1-11-13(10-22(2)21-11)19-18(25)20-16-15(17(23)24-3)12-8-6-4-5-7-9-14(12)26-16/h10H,4-9H2,1-3H3,(H2,19,20,25). The molecule has 8 heteroatoms. The number of hydrogen-bond acceptors (Lipinski definition) is 5. The minimum absolute atomic E-state index is 0.300. The average Bonchev–Trinajstić information content (AvgIpc) is 3.06. The molecule has 0 saturated heterocycles. The summed E-state index contributed by atoms with van der Waals surface area (Å²) in [5, 5.41) is 11.9. The molecule has 6 nitrogen and oxygen atoms in total. The van der Waals surface area contributed by atoms with Crippen molar-refractivity contribution >= 4 is 45.3 Å². The number of nitrogens with zero attached hydrogens (tertiary/aromatic N) is 2. The molecule has 0 bridgehead atoms. The van der Waals surface area contributed by atoms with E-state index in [1.807, 2.05) is 20.2 Å². The number of carbonyl (C=O) groups excluding carboxylic acids is 1. The van der Waals surface area contributed by atoms with Crippen LogP contribution in [0.25, 0.3) is 0 Å². The van der Waals surface area contributed by atoms with Crippen LogP contribution < -0.4 is 10.6 Å². The molecule has 0 amide bonds. The maximum Gasteiger partial charge on any atom is 0.341 e. The summed E-state index contributed by atoms with van der Waals surface area (Å²) >= 11 is 7.08. The van der Waals surface area contributed by atoms with Crippen molar-refractivity contribution in [1.29, 1.82) is 0 Å². The van der Waals surface area contributed by atoms with Crippen LogP contribution in [0.1, 0.15) is 52.2 Å². The Hall–Kier alpha value is -1.93. The van der Waals surface area contributed by atoms with E-state index in [0.29, 0.717) is 10.7 Å². The number of rotatable bonds is 3. The molecule has 2 aromatic rings. The van der Waals surface area contributed by atoms with Crippen LogP contribution in [0.4, 0.5) is 10.7 Å². The van der Waals surface area contributed by atoms with E-state index < -0.39 is 0 Å². The Morgan fingerprint density at radius 1 is 1.27 bits per heavy atom. The first-order chi connectivity index (χ1) is 12.5. The van der Waals surface area contributed by atoms with Crippen LogP contribution in [0.15, 0.2) is 6.20 Å². The predicted molar refractivity (Wildman–Crippen MR) is 109 cm³/mol. The van der Waals surface area contributed by atoms with Gasteiger partial charge in [-0.05, 0) is 50.4 Å². The van der Waals surface area contributed by atoms with Gasteiger partial charge in [-0.2, -0.15) is 5.10 Å². The highest BCUT2D eigenvalue weighted by Crippen LogP contribution is 2.37. The fourth-order valence-electron chi connectivity index (χ4n) is 3.30. The van der Waals surface area contributed by atoms with Crippen LogP contribution in [0.2, 0.25) is 0 Å². The van der Waals surface area contributed by atoms with E-state index in [1.54, 1.807) is 16.0 Å². The zero-order valence-electron chi connectivity index (χ0n) is 15.3. The summed E-state index contributed by atoms with van der Waals surface area (Å²) in [6, 6.07) is 0. The van der Waals surface area contributed by atoms with Gasteiger partial charge < -0.3 is 15.4 Å². The monoisotopic (exact) mass is 392 g/mol. The Morgan fingerprint density at radius 3 is 2.65 bits per heavy atom. The first-order valence-corrected chi connectivity index (χ1v) is 10.0. The highest BCUT2D eigenvalue weighted by atomic mass is 32.1. The minimum atomic E-state index is -0.300. The normalized spacial score (nSPS) is 14.1. The fourth-order valence-corrected chi connectivity index (χ4v) is 4.86. The number of hydrogen-bond donors (Lipinski definition) is 2. The van der Waals surface area contributed by atoms with E-state index in [0.717, 1.165) is 47.6 Å². The van der Waals surface area contributed by atoms with E-state index in [-0.39, 0.29) is 5.97 Å². The maximum atomic E-state index is 12.4. The van der Waals surface area contributed by atoms with Crippen molar-refractivity contribution in [2.45, 2.75) is 45.4 Å². The third-order valence-corrected chi connectivity index (χ3v) is 5.96. The summed E-state index contributed by atoms with van der Waals surface area (Å²) in [6.07, 6.45) is 8.51. The summed E-state index contributed by atoms with van der Waals surface area (Å²) < 4.78 is 6.78. The number of carbonyl (C=O) groups is 1. The van der Waals surface area contributed by atoms with Gasteiger partial charge in [-0.25, -0.2) is 4.79 Å². The van der Waals surface area contributed by atoms with Gasteiger partial charge >= 0.3 is 5.97 Å². The number of thiocarbonyl (C=S) groups is 1. The Balaban J connectivity index is 1.86. The number of ether oxygens (including phenoxy) is 1. The van der Waals surface area contributed by atoms with E-state index in [9.17, 15) is 4.79 Å². The molecule has 0 spiro atoms.